The van der Waals surface area contributed by atoms with Crippen molar-refractivity contribution in [3.05, 3.63) is 40.5 Å². The average molecular weight is 390 g/mol. The van der Waals surface area contributed by atoms with E-state index in [1.165, 1.54) is 0 Å². The van der Waals surface area contributed by atoms with Crippen LogP contribution in [0.4, 0.5) is 30.6 Å². The Kier molecular flexibility index (Phi) is 5.78. The summed E-state index contributed by atoms with van der Waals surface area (Å²) < 4.78 is 39.8. The zero-order valence-electron chi connectivity index (χ0n) is 12.0. The Bertz CT molecular complexity index is 663. The second kappa shape index (κ2) is 7.60. The maximum atomic E-state index is 13.0. The molecule has 1 aromatic heterocycles. The molecule has 1 aromatic carbocycles. The van der Waals surface area contributed by atoms with Crippen LogP contribution in [0.15, 0.2) is 34.9 Å². The topological polar surface area (TPSA) is 75.9 Å². The third-order valence-electron chi connectivity index (χ3n) is 2.85. The van der Waals surface area contributed by atoms with E-state index in [2.05, 4.69) is 36.5 Å². The molecule has 1 heterocycles. The number of aromatic nitrogens is 2. The molecular weight excluding hydrogens is 375 g/mol. The number of nitrogens with two attached hydrogens (primary N) is 1. The Morgan fingerprint density at radius 2 is 2.04 bits per heavy atom. The maximum absolute atomic E-state index is 13.0. The smallest absolute Gasteiger partial charge is 0.369 e. The van der Waals surface area contributed by atoms with E-state index in [4.69, 9.17) is 5.73 Å². The molecule has 23 heavy (non-hydrogen) atoms. The highest BCUT2D eigenvalue weighted by Gasteiger charge is 2.35. The largest absolute Gasteiger partial charge is 0.421 e. The van der Waals surface area contributed by atoms with Gasteiger partial charge < -0.3 is 16.4 Å². The van der Waals surface area contributed by atoms with Crippen molar-refractivity contribution in [2.24, 2.45) is 5.73 Å². The zero-order valence-corrected chi connectivity index (χ0v) is 13.6. The Morgan fingerprint density at radius 1 is 1.26 bits per heavy atom. The van der Waals surface area contributed by atoms with Gasteiger partial charge in [0.2, 0.25) is 5.95 Å². The first-order valence-corrected chi connectivity index (χ1v) is 7.60. The standard InChI is InChI=1S/C14H15BrF3N5/c15-9-3-1-4-10(7-9)22-13-21-8-11(14(16,17)18)12(23-13)20-6-2-5-19/h1,3-4,7-8H,2,5-6,19H2,(H2,20,21,22,23). The zero-order chi connectivity index (χ0) is 16.9. The van der Waals surface area contributed by atoms with Gasteiger partial charge in [0.25, 0.3) is 0 Å². The average Bonchev–Trinajstić information content (AvgIpc) is 2.46. The molecule has 0 amide bonds. The summed E-state index contributed by atoms with van der Waals surface area (Å²) in [6.45, 7) is 0.676. The summed E-state index contributed by atoms with van der Waals surface area (Å²) in [5.41, 5.74) is 5.10. The second-order valence-electron chi connectivity index (χ2n) is 4.66. The molecule has 0 radical (unpaired) electrons. The predicted octanol–water partition coefficient (Wildman–Crippen LogP) is 3.76. The fourth-order valence-electron chi connectivity index (χ4n) is 1.79. The summed E-state index contributed by atoms with van der Waals surface area (Å²) in [6.07, 6.45) is -3.23. The van der Waals surface area contributed by atoms with E-state index in [0.717, 1.165) is 10.7 Å². The van der Waals surface area contributed by atoms with Gasteiger partial charge in [-0.2, -0.15) is 18.2 Å². The molecule has 2 aromatic rings. The molecule has 0 atom stereocenters. The van der Waals surface area contributed by atoms with Gasteiger partial charge in [-0.05, 0) is 31.2 Å². The number of alkyl halides is 3. The number of halogens is 4. The first-order chi connectivity index (χ1) is 10.9. The van der Waals surface area contributed by atoms with Crippen LogP contribution in [0, 0.1) is 0 Å². The highest BCUT2D eigenvalue weighted by atomic mass is 79.9. The highest BCUT2D eigenvalue weighted by Crippen LogP contribution is 2.34. The van der Waals surface area contributed by atoms with Gasteiger partial charge in [-0.3, -0.25) is 0 Å². The van der Waals surface area contributed by atoms with Crippen LogP contribution in [0.3, 0.4) is 0 Å². The molecule has 0 unspecified atom stereocenters. The first-order valence-electron chi connectivity index (χ1n) is 6.81. The molecule has 0 aliphatic carbocycles. The molecule has 0 bridgehead atoms. The lowest BCUT2D eigenvalue weighted by Crippen LogP contribution is -2.16. The van der Waals surface area contributed by atoms with E-state index < -0.39 is 11.7 Å². The normalized spacial score (nSPS) is 11.3. The Labute approximate surface area is 139 Å². The number of nitrogens with one attached hydrogen (secondary N) is 2. The third kappa shape index (κ3) is 5.07. The van der Waals surface area contributed by atoms with Gasteiger partial charge in [0.15, 0.2) is 0 Å². The Balaban J connectivity index is 2.26. The van der Waals surface area contributed by atoms with E-state index in [0.29, 0.717) is 25.2 Å². The predicted molar refractivity (Wildman–Crippen MR) is 86.6 cm³/mol. The van der Waals surface area contributed by atoms with Crippen LogP contribution in [-0.2, 0) is 6.18 Å². The lowest BCUT2D eigenvalue weighted by molar-refractivity contribution is -0.137. The van der Waals surface area contributed by atoms with Crippen molar-refractivity contribution in [1.82, 2.24) is 9.97 Å². The number of nitrogens with zero attached hydrogens (tertiary/aromatic N) is 2. The second-order valence-corrected chi connectivity index (χ2v) is 5.57. The summed E-state index contributed by atoms with van der Waals surface area (Å²) >= 11 is 3.32. The lowest BCUT2D eigenvalue weighted by Gasteiger charge is -2.14. The first kappa shape index (κ1) is 17.5. The van der Waals surface area contributed by atoms with Crippen molar-refractivity contribution in [3.63, 3.8) is 0 Å². The molecular formula is C14H15BrF3N5. The van der Waals surface area contributed by atoms with Gasteiger partial charge in [-0.15, -0.1) is 0 Å². The summed E-state index contributed by atoms with van der Waals surface area (Å²) in [7, 11) is 0. The van der Waals surface area contributed by atoms with E-state index in [1.807, 2.05) is 6.07 Å². The van der Waals surface area contributed by atoms with E-state index in [9.17, 15) is 13.2 Å². The Morgan fingerprint density at radius 3 is 2.70 bits per heavy atom. The number of benzene rings is 1. The van der Waals surface area contributed by atoms with Crippen LogP contribution >= 0.6 is 15.9 Å². The van der Waals surface area contributed by atoms with Gasteiger partial charge in [0, 0.05) is 22.9 Å². The fourth-order valence-corrected chi connectivity index (χ4v) is 2.19. The van der Waals surface area contributed by atoms with Crippen molar-refractivity contribution in [2.75, 3.05) is 23.7 Å². The van der Waals surface area contributed by atoms with Crippen molar-refractivity contribution in [2.45, 2.75) is 12.6 Å². The van der Waals surface area contributed by atoms with Crippen molar-refractivity contribution in [1.29, 1.82) is 0 Å². The molecule has 0 fully saturated rings. The number of hydrogen-bond donors (Lipinski definition) is 3. The monoisotopic (exact) mass is 389 g/mol. The molecule has 0 spiro atoms. The number of rotatable bonds is 6. The van der Waals surface area contributed by atoms with Gasteiger partial charge in [-0.25, -0.2) is 4.98 Å². The lowest BCUT2D eigenvalue weighted by atomic mass is 10.3. The SMILES string of the molecule is NCCCNc1nc(Nc2cccc(Br)c2)ncc1C(F)(F)F. The van der Waals surface area contributed by atoms with Crippen LogP contribution < -0.4 is 16.4 Å². The molecule has 124 valence electrons. The quantitative estimate of drug-likeness (QED) is 0.655. The van der Waals surface area contributed by atoms with Crippen molar-refractivity contribution in [3.8, 4) is 0 Å². The fraction of sp³-hybridized carbons (Fsp3) is 0.286. The van der Waals surface area contributed by atoms with E-state index in [-0.39, 0.29) is 11.8 Å². The summed E-state index contributed by atoms with van der Waals surface area (Å²) in [6, 6.07) is 7.14. The van der Waals surface area contributed by atoms with Crippen LogP contribution in [0.5, 0.6) is 0 Å². The minimum atomic E-state index is -4.53. The third-order valence-corrected chi connectivity index (χ3v) is 3.34. The maximum Gasteiger partial charge on any atom is 0.421 e. The minimum Gasteiger partial charge on any atom is -0.369 e. The van der Waals surface area contributed by atoms with E-state index >= 15 is 0 Å². The molecule has 0 saturated carbocycles. The number of anilines is 3. The van der Waals surface area contributed by atoms with Crippen LogP contribution in [0.25, 0.3) is 0 Å². The molecule has 4 N–H and O–H groups in total. The highest BCUT2D eigenvalue weighted by molar-refractivity contribution is 9.10. The molecule has 0 aliphatic rings. The molecule has 0 saturated heterocycles. The van der Waals surface area contributed by atoms with Gasteiger partial charge >= 0.3 is 6.18 Å². The summed E-state index contributed by atoms with van der Waals surface area (Å²) in [5, 5.41) is 5.53. The summed E-state index contributed by atoms with van der Waals surface area (Å²) in [4.78, 5) is 7.66. The van der Waals surface area contributed by atoms with Crippen LogP contribution in [0.1, 0.15) is 12.0 Å². The number of hydrogen-bond acceptors (Lipinski definition) is 5. The van der Waals surface area contributed by atoms with Crippen LogP contribution in [0.2, 0.25) is 0 Å². The van der Waals surface area contributed by atoms with Gasteiger partial charge in [-0.1, -0.05) is 22.0 Å². The molecule has 5 nitrogen and oxygen atoms in total. The van der Waals surface area contributed by atoms with Gasteiger partial charge in [0.1, 0.15) is 11.4 Å². The van der Waals surface area contributed by atoms with Crippen molar-refractivity contribution < 1.29 is 13.2 Å². The van der Waals surface area contributed by atoms with Crippen LogP contribution in [-0.4, -0.2) is 23.1 Å². The van der Waals surface area contributed by atoms with E-state index in [1.54, 1.807) is 18.2 Å². The minimum absolute atomic E-state index is 0.0753. The molecule has 2 rings (SSSR count). The van der Waals surface area contributed by atoms with Gasteiger partial charge in [0.05, 0.1) is 0 Å². The Hall–Kier alpha value is -1.87. The molecule has 9 heteroatoms. The molecule has 0 aliphatic heterocycles. The van der Waals surface area contributed by atoms with Crippen molar-refractivity contribution >= 4 is 33.4 Å². The summed E-state index contributed by atoms with van der Waals surface area (Å²) in [5.74, 6) is -0.190.